The van der Waals surface area contributed by atoms with Gasteiger partial charge < -0.3 is 19.5 Å². The van der Waals surface area contributed by atoms with Crippen LogP contribution in [0.5, 0.6) is 17.2 Å². The van der Waals surface area contributed by atoms with E-state index in [1.54, 1.807) is 36.0 Å². The molecule has 11 heteroatoms. The van der Waals surface area contributed by atoms with Crippen LogP contribution in [0.15, 0.2) is 54.2 Å². The van der Waals surface area contributed by atoms with Crippen LogP contribution in [0.25, 0.3) is 15.7 Å². The molecule has 0 bridgehead atoms. The molecule has 170 valence electrons. The van der Waals surface area contributed by atoms with E-state index in [1.807, 2.05) is 0 Å². The van der Waals surface area contributed by atoms with E-state index in [2.05, 4.69) is 25.4 Å². The molecule has 1 atom stereocenters. The Hall–Kier alpha value is -4.27. The first-order valence-corrected chi connectivity index (χ1v) is 11.0. The lowest BCUT2D eigenvalue weighted by atomic mass is 10.1. The summed E-state index contributed by atoms with van der Waals surface area (Å²) < 4.78 is 31.3. The van der Waals surface area contributed by atoms with Crippen LogP contribution in [0.1, 0.15) is 0 Å². The van der Waals surface area contributed by atoms with E-state index in [0.29, 0.717) is 46.4 Å². The fourth-order valence-electron chi connectivity index (χ4n) is 3.10. The van der Waals surface area contributed by atoms with Gasteiger partial charge in [0, 0.05) is 29.2 Å². The van der Waals surface area contributed by atoms with Gasteiger partial charge in [-0.1, -0.05) is 0 Å². The summed E-state index contributed by atoms with van der Waals surface area (Å²) in [4.78, 5) is 23.8. The average molecular weight is 477 g/mol. The average Bonchev–Trinajstić information content (AvgIpc) is 3.53. The molecule has 0 aliphatic carbocycles. The fourth-order valence-corrected chi connectivity index (χ4v) is 3.62. The van der Waals surface area contributed by atoms with Gasteiger partial charge in [-0.05, 0) is 30.3 Å². The van der Waals surface area contributed by atoms with Crippen molar-refractivity contribution in [1.82, 2.24) is 9.97 Å². The molecule has 0 radical (unpaired) electrons. The number of nitrogens with one attached hydrogen (secondary N) is 2. The van der Waals surface area contributed by atoms with E-state index in [4.69, 9.17) is 20.8 Å². The second-order valence-corrected chi connectivity index (χ2v) is 8.08. The highest BCUT2D eigenvalue weighted by atomic mass is 32.1. The van der Waals surface area contributed by atoms with Crippen molar-refractivity contribution in [1.29, 1.82) is 0 Å². The van der Waals surface area contributed by atoms with Gasteiger partial charge in [0.2, 0.25) is 5.69 Å². The van der Waals surface area contributed by atoms with Crippen LogP contribution in [0, 0.1) is 12.4 Å². The number of benzene rings is 2. The maximum absolute atomic E-state index is 14.6. The Morgan fingerprint density at radius 2 is 2.09 bits per heavy atom. The van der Waals surface area contributed by atoms with Crippen molar-refractivity contribution in [3.63, 3.8) is 0 Å². The van der Waals surface area contributed by atoms with E-state index in [-0.39, 0.29) is 17.5 Å². The number of carbonyl (C=O) groups excluding carboxylic acids is 1. The molecule has 1 aliphatic rings. The molecule has 2 N–H and O–H groups in total. The lowest BCUT2D eigenvalue weighted by Crippen LogP contribution is -2.19. The quantitative estimate of drug-likeness (QED) is 0.266. The van der Waals surface area contributed by atoms with Crippen LogP contribution >= 0.6 is 11.3 Å². The number of rotatable bonds is 7. The number of hydrogen-bond acceptors (Lipinski definition) is 7. The number of fused-ring (bicyclic) bond motifs is 1. The van der Waals surface area contributed by atoms with Crippen molar-refractivity contribution in [2.75, 3.05) is 23.8 Å². The summed E-state index contributed by atoms with van der Waals surface area (Å²) in [6.45, 7) is 8.50. The van der Waals surface area contributed by atoms with Gasteiger partial charge in [-0.3, -0.25) is 10.3 Å². The maximum Gasteiger partial charge on any atom is 0.325 e. The number of aromatic nitrogens is 2. The molecule has 0 unspecified atom stereocenters. The summed E-state index contributed by atoms with van der Waals surface area (Å²) in [6.07, 6.45) is 3.16. The number of epoxide rings is 1. The number of urea groups is 1. The van der Waals surface area contributed by atoms with Gasteiger partial charge in [-0.2, -0.15) is 0 Å². The zero-order chi connectivity index (χ0) is 23.5. The first-order valence-electron chi connectivity index (χ1n) is 10.1. The molecule has 1 aliphatic heterocycles. The smallest absolute Gasteiger partial charge is 0.325 e. The van der Waals surface area contributed by atoms with Crippen LogP contribution in [-0.4, -0.2) is 35.3 Å². The van der Waals surface area contributed by atoms with Gasteiger partial charge in [0.1, 0.15) is 35.8 Å². The van der Waals surface area contributed by atoms with Crippen molar-refractivity contribution in [3.8, 4) is 17.2 Å². The predicted molar refractivity (Wildman–Crippen MR) is 124 cm³/mol. The Bertz CT molecular complexity index is 1400. The van der Waals surface area contributed by atoms with Crippen LogP contribution in [-0.2, 0) is 4.74 Å². The predicted octanol–water partition coefficient (Wildman–Crippen LogP) is 5.60. The first-order chi connectivity index (χ1) is 16.6. The maximum atomic E-state index is 14.6. The lowest BCUT2D eigenvalue weighted by Gasteiger charge is -2.13. The Kier molecular flexibility index (Phi) is 5.90. The standard InChI is InChI=1S/C23H16FN5O4S/c1-25-19-9-15-18(10-21(19)32-12-14-11-31-14)26-5-4-20(15)33-13-2-3-17(16(24)8-13)28-22(30)29-23-27-6-7-34-23/h2-10,14H,11-12H2,(H2,27,28,29,30)/t14-/m1/s1. The highest BCUT2D eigenvalue weighted by molar-refractivity contribution is 7.13. The molecule has 0 saturated carbocycles. The molecule has 5 rings (SSSR count). The summed E-state index contributed by atoms with van der Waals surface area (Å²) in [5, 5.41) is 7.64. The number of nitrogens with zero attached hydrogens (tertiary/aromatic N) is 3. The highest BCUT2D eigenvalue weighted by Gasteiger charge is 2.24. The van der Waals surface area contributed by atoms with E-state index in [1.165, 1.54) is 23.5 Å². The van der Waals surface area contributed by atoms with Gasteiger partial charge in [-0.15, -0.1) is 11.3 Å². The minimum absolute atomic E-state index is 0.0160. The van der Waals surface area contributed by atoms with E-state index in [0.717, 1.165) is 6.07 Å². The molecule has 1 saturated heterocycles. The minimum atomic E-state index is -0.676. The number of pyridine rings is 1. The monoisotopic (exact) mass is 477 g/mol. The van der Waals surface area contributed by atoms with Gasteiger partial charge in [0.25, 0.3) is 0 Å². The van der Waals surface area contributed by atoms with Crippen molar-refractivity contribution in [3.05, 3.63) is 71.4 Å². The third kappa shape index (κ3) is 4.88. The summed E-state index contributed by atoms with van der Waals surface area (Å²) in [5.41, 5.74) is 0.856. The van der Waals surface area contributed by atoms with Crippen LogP contribution < -0.4 is 20.1 Å². The van der Waals surface area contributed by atoms with Crippen molar-refractivity contribution in [2.24, 2.45) is 0 Å². The molecule has 3 heterocycles. The Morgan fingerprint density at radius 3 is 2.82 bits per heavy atom. The number of hydrogen-bond donors (Lipinski definition) is 2. The van der Waals surface area contributed by atoms with Crippen LogP contribution in [0.2, 0.25) is 0 Å². The van der Waals surface area contributed by atoms with Gasteiger partial charge in [-0.25, -0.2) is 19.0 Å². The normalized spacial score (nSPS) is 14.3. The molecular weight excluding hydrogens is 461 g/mol. The minimum Gasteiger partial charge on any atom is -0.502 e. The van der Waals surface area contributed by atoms with Crippen LogP contribution in [0.3, 0.4) is 0 Å². The molecule has 2 amide bonds. The Balaban J connectivity index is 1.34. The summed E-state index contributed by atoms with van der Waals surface area (Å²) in [6, 6.07) is 8.40. The van der Waals surface area contributed by atoms with Gasteiger partial charge in [0.05, 0.1) is 24.4 Å². The van der Waals surface area contributed by atoms with Crippen LogP contribution in [0.4, 0.5) is 25.7 Å². The number of amides is 2. The number of thiazole rings is 1. The molecule has 4 aromatic rings. The molecule has 2 aromatic carbocycles. The van der Waals surface area contributed by atoms with Crippen molar-refractivity contribution < 1.29 is 23.4 Å². The van der Waals surface area contributed by atoms with E-state index >= 15 is 0 Å². The SMILES string of the molecule is [C-]#[N+]c1cc2c(Oc3ccc(NC(=O)Nc4nccs4)c(F)c3)ccnc2cc1OC[C@H]1CO1. The van der Waals surface area contributed by atoms with Gasteiger partial charge >= 0.3 is 6.03 Å². The fraction of sp³-hybridized carbons (Fsp3) is 0.130. The number of ether oxygens (including phenoxy) is 3. The van der Waals surface area contributed by atoms with E-state index in [9.17, 15) is 9.18 Å². The molecule has 1 fully saturated rings. The highest BCUT2D eigenvalue weighted by Crippen LogP contribution is 2.38. The van der Waals surface area contributed by atoms with Crippen molar-refractivity contribution in [2.45, 2.75) is 6.10 Å². The Labute approximate surface area is 196 Å². The molecule has 9 nitrogen and oxygen atoms in total. The second-order valence-electron chi connectivity index (χ2n) is 7.18. The largest absolute Gasteiger partial charge is 0.502 e. The topological polar surface area (TPSA) is 102 Å². The molecule has 0 spiro atoms. The second kappa shape index (κ2) is 9.30. The Morgan fingerprint density at radius 1 is 1.21 bits per heavy atom. The number of carbonyl (C=O) groups is 1. The third-order valence-corrected chi connectivity index (χ3v) is 5.49. The van der Waals surface area contributed by atoms with Crippen molar-refractivity contribution >= 4 is 44.8 Å². The van der Waals surface area contributed by atoms with Gasteiger partial charge in [0.15, 0.2) is 5.13 Å². The lowest BCUT2D eigenvalue weighted by molar-refractivity contribution is 0.262. The zero-order valence-electron chi connectivity index (χ0n) is 17.4. The molecular formula is C23H16FN5O4S. The number of halogens is 1. The zero-order valence-corrected chi connectivity index (χ0v) is 18.3. The number of anilines is 2. The summed E-state index contributed by atoms with van der Waals surface area (Å²) >= 11 is 1.25. The molecule has 2 aromatic heterocycles. The van der Waals surface area contributed by atoms with E-state index < -0.39 is 11.8 Å². The summed E-state index contributed by atoms with van der Waals surface area (Å²) in [7, 11) is 0. The molecule has 34 heavy (non-hydrogen) atoms. The summed E-state index contributed by atoms with van der Waals surface area (Å²) in [5.74, 6) is 0.352. The first kappa shape index (κ1) is 21.6. The third-order valence-electron chi connectivity index (χ3n) is 4.80.